The lowest BCUT2D eigenvalue weighted by Crippen LogP contribution is -2.57. The highest BCUT2D eigenvalue weighted by molar-refractivity contribution is 6.08. The minimum absolute atomic E-state index is 0.0177. The lowest BCUT2D eigenvalue weighted by molar-refractivity contribution is -0.130. The molecule has 1 atom stereocenters. The average Bonchev–Trinajstić information content (AvgIpc) is 3.02. The fraction of sp³-hybridized carbons (Fsp3) is 0.524. The van der Waals surface area contributed by atoms with Crippen molar-refractivity contribution >= 4 is 22.7 Å². The molecule has 5 heterocycles. The molecule has 6 rings (SSSR count). The topological polar surface area (TPSA) is 57.6 Å². The number of amides is 2. The van der Waals surface area contributed by atoms with Crippen molar-refractivity contribution in [2.24, 2.45) is 5.92 Å². The molecule has 0 spiro atoms. The second-order valence-electron chi connectivity index (χ2n) is 8.15. The molecule has 142 valence electrons. The number of carbonyl (C=O) groups excluding carboxylic acids is 2. The van der Waals surface area contributed by atoms with E-state index >= 15 is 0 Å². The molecule has 1 N–H and O–H groups in total. The fourth-order valence-electron chi connectivity index (χ4n) is 5.15. The van der Waals surface area contributed by atoms with E-state index in [1.165, 1.54) is 12.8 Å². The standard InChI is InChI=1S/C21H26N4O2/c1-14(26)24-10-11-25-18-5-3-2-4-16(18)20(19(25)13-24)21(27)22-17-12-23-8-6-15(17)7-9-23/h2-5,15,17H,6-13H2,1H3,(H,22,27)/t17-/m0/s1. The van der Waals surface area contributed by atoms with Gasteiger partial charge in [0.15, 0.2) is 0 Å². The third kappa shape index (κ3) is 2.74. The summed E-state index contributed by atoms with van der Waals surface area (Å²) in [4.78, 5) is 29.6. The number of para-hydroxylation sites is 1. The van der Waals surface area contributed by atoms with E-state index < -0.39 is 0 Å². The van der Waals surface area contributed by atoms with Gasteiger partial charge in [0.25, 0.3) is 5.91 Å². The maximum Gasteiger partial charge on any atom is 0.254 e. The van der Waals surface area contributed by atoms with Gasteiger partial charge in [-0.2, -0.15) is 0 Å². The van der Waals surface area contributed by atoms with Crippen molar-refractivity contribution in [2.45, 2.75) is 38.9 Å². The van der Waals surface area contributed by atoms with Gasteiger partial charge in [-0.05, 0) is 37.9 Å². The van der Waals surface area contributed by atoms with Crippen LogP contribution in [0.25, 0.3) is 10.9 Å². The van der Waals surface area contributed by atoms with E-state index in [-0.39, 0.29) is 17.9 Å². The summed E-state index contributed by atoms with van der Waals surface area (Å²) >= 11 is 0. The number of nitrogens with zero attached hydrogens (tertiary/aromatic N) is 3. The number of benzene rings is 1. The smallest absolute Gasteiger partial charge is 0.254 e. The number of hydrogen-bond acceptors (Lipinski definition) is 3. The second-order valence-corrected chi connectivity index (χ2v) is 8.15. The first kappa shape index (κ1) is 16.8. The molecule has 2 aromatic rings. The Kier molecular flexibility index (Phi) is 3.97. The van der Waals surface area contributed by atoms with E-state index in [0.29, 0.717) is 19.0 Å². The van der Waals surface area contributed by atoms with E-state index in [1.54, 1.807) is 6.92 Å². The predicted octanol–water partition coefficient (Wildman–Crippen LogP) is 1.83. The van der Waals surface area contributed by atoms with Crippen LogP contribution >= 0.6 is 0 Å². The Labute approximate surface area is 159 Å². The van der Waals surface area contributed by atoms with Crippen LogP contribution in [0.4, 0.5) is 0 Å². The molecule has 27 heavy (non-hydrogen) atoms. The molecule has 3 saturated heterocycles. The SMILES string of the molecule is CC(=O)N1CCn2c(c(C(=O)N[C@H]3CN4CCC3CC4)c3ccccc32)C1. The summed E-state index contributed by atoms with van der Waals surface area (Å²) in [6.07, 6.45) is 2.36. The van der Waals surface area contributed by atoms with Gasteiger partial charge in [-0.1, -0.05) is 18.2 Å². The molecule has 1 aromatic carbocycles. The van der Waals surface area contributed by atoms with Gasteiger partial charge < -0.3 is 19.7 Å². The molecule has 6 nitrogen and oxygen atoms in total. The van der Waals surface area contributed by atoms with E-state index in [4.69, 9.17) is 0 Å². The van der Waals surface area contributed by atoms with Crippen LogP contribution in [0.2, 0.25) is 0 Å². The quantitative estimate of drug-likeness (QED) is 0.882. The third-order valence-corrected chi connectivity index (χ3v) is 6.66. The molecule has 1 aromatic heterocycles. The Morgan fingerprint density at radius 3 is 2.56 bits per heavy atom. The first-order chi connectivity index (χ1) is 13.1. The zero-order valence-electron chi connectivity index (χ0n) is 15.8. The van der Waals surface area contributed by atoms with Crippen LogP contribution in [-0.2, 0) is 17.9 Å². The summed E-state index contributed by atoms with van der Waals surface area (Å²) in [5, 5.41) is 4.34. The van der Waals surface area contributed by atoms with Gasteiger partial charge in [0.05, 0.1) is 17.8 Å². The van der Waals surface area contributed by atoms with E-state index in [2.05, 4.69) is 20.9 Å². The highest BCUT2D eigenvalue weighted by Crippen LogP contribution is 2.32. The van der Waals surface area contributed by atoms with Gasteiger partial charge in [0.2, 0.25) is 5.91 Å². The molecule has 4 aliphatic heterocycles. The number of carbonyl (C=O) groups is 2. The van der Waals surface area contributed by atoms with Crippen LogP contribution < -0.4 is 5.32 Å². The zero-order chi connectivity index (χ0) is 18.5. The summed E-state index contributed by atoms with van der Waals surface area (Å²) in [6, 6.07) is 8.35. The molecule has 0 unspecified atom stereocenters. The van der Waals surface area contributed by atoms with Crippen molar-refractivity contribution in [3.8, 4) is 0 Å². The number of nitrogens with one attached hydrogen (secondary N) is 1. The van der Waals surface area contributed by atoms with E-state index in [1.807, 2.05) is 23.1 Å². The Hall–Kier alpha value is -2.34. The number of aromatic nitrogens is 1. The highest BCUT2D eigenvalue weighted by Gasteiger charge is 2.36. The Balaban J connectivity index is 1.51. The van der Waals surface area contributed by atoms with Gasteiger partial charge in [0, 0.05) is 43.5 Å². The van der Waals surface area contributed by atoms with Crippen LogP contribution in [0, 0.1) is 5.92 Å². The van der Waals surface area contributed by atoms with Gasteiger partial charge in [-0.15, -0.1) is 0 Å². The van der Waals surface area contributed by atoms with Crippen LogP contribution in [0.5, 0.6) is 0 Å². The predicted molar refractivity (Wildman–Crippen MR) is 103 cm³/mol. The van der Waals surface area contributed by atoms with Crippen LogP contribution in [0.15, 0.2) is 24.3 Å². The monoisotopic (exact) mass is 366 g/mol. The summed E-state index contributed by atoms with van der Waals surface area (Å²) in [6.45, 7) is 6.83. The third-order valence-electron chi connectivity index (χ3n) is 6.66. The van der Waals surface area contributed by atoms with Gasteiger partial charge in [0.1, 0.15) is 0 Å². The molecule has 2 amide bonds. The molecule has 3 fully saturated rings. The van der Waals surface area contributed by atoms with Crippen molar-refractivity contribution in [3.63, 3.8) is 0 Å². The first-order valence-corrected chi connectivity index (χ1v) is 10.0. The zero-order valence-corrected chi connectivity index (χ0v) is 15.8. The number of rotatable bonds is 2. The van der Waals surface area contributed by atoms with Gasteiger partial charge in [-0.3, -0.25) is 9.59 Å². The van der Waals surface area contributed by atoms with Crippen molar-refractivity contribution in [1.82, 2.24) is 19.7 Å². The van der Waals surface area contributed by atoms with Crippen LogP contribution in [0.3, 0.4) is 0 Å². The normalized spacial score (nSPS) is 26.9. The van der Waals surface area contributed by atoms with Gasteiger partial charge in [-0.25, -0.2) is 0 Å². The fourth-order valence-corrected chi connectivity index (χ4v) is 5.15. The number of hydrogen-bond donors (Lipinski definition) is 1. The Morgan fingerprint density at radius 2 is 1.85 bits per heavy atom. The number of fused-ring (bicyclic) bond motifs is 6. The molecular weight excluding hydrogens is 340 g/mol. The minimum Gasteiger partial charge on any atom is -0.348 e. The molecule has 0 aliphatic carbocycles. The second kappa shape index (κ2) is 6.37. The summed E-state index contributed by atoms with van der Waals surface area (Å²) in [5.74, 6) is 0.678. The highest BCUT2D eigenvalue weighted by atomic mass is 16.2. The molecule has 0 radical (unpaired) electrons. The summed E-state index contributed by atoms with van der Waals surface area (Å²) in [5.41, 5.74) is 2.82. The largest absolute Gasteiger partial charge is 0.348 e. The molecular formula is C21H26N4O2. The van der Waals surface area contributed by atoms with Crippen molar-refractivity contribution in [2.75, 3.05) is 26.2 Å². The lowest BCUT2D eigenvalue weighted by Gasteiger charge is -2.45. The van der Waals surface area contributed by atoms with Crippen LogP contribution in [0.1, 0.15) is 35.8 Å². The molecule has 4 aliphatic rings. The maximum atomic E-state index is 13.4. The Bertz CT molecular complexity index is 910. The van der Waals surface area contributed by atoms with Crippen molar-refractivity contribution < 1.29 is 9.59 Å². The molecule has 0 saturated carbocycles. The summed E-state index contributed by atoms with van der Waals surface area (Å²) < 4.78 is 2.22. The van der Waals surface area contributed by atoms with Crippen LogP contribution in [-0.4, -0.2) is 58.4 Å². The first-order valence-electron chi connectivity index (χ1n) is 10.0. The summed E-state index contributed by atoms with van der Waals surface area (Å²) in [7, 11) is 0. The van der Waals surface area contributed by atoms with Gasteiger partial charge >= 0.3 is 0 Å². The Morgan fingerprint density at radius 1 is 1.07 bits per heavy atom. The maximum absolute atomic E-state index is 13.4. The van der Waals surface area contributed by atoms with E-state index in [9.17, 15) is 9.59 Å². The number of piperidine rings is 3. The molecule has 2 bridgehead atoms. The van der Waals surface area contributed by atoms with E-state index in [0.717, 1.165) is 48.3 Å². The molecule has 6 heteroatoms. The average molecular weight is 366 g/mol. The lowest BCUT2D eigenvalue weighted by atomic mass is 9.84. The minimum atomic E-state index is 0.0177. The van der Waals surface area contributed by atoms with Crippen molar-refractivity contribution in [3.05, 3.63) is 35.5 Å². The van der Waals surface area contributed by atoms with Crippen molar-refractivity contribution in [1.29, 1.82) is 0 Å².